The standard InChI is InChI=1S/C19H32O3SSi/c1-5-24(6-2,7-3)22-17(4)15-19(13-14-19)16-23(20,21)18-11-9-8-10-12-18/h8-12,17H,5-7,13-16H2,1-4H3. The minimum Gasteiger partial charge on any atom is -0.414 e. The Kier molecular flexibility index (Phi) is 6.32. The summed E-state index contributed by atoms with van der Waals surface area (Å²) < 4.78 is 31.9. The second-order valence-electron chi connectivity index (χ2n) is 7.45. The molecule has 0 saturated heterocycles. The van der Waals surface area contributed by atoms with Gasteiger partial charge in [0.05, 0.1) is 10.6 Å². The zero-order valence-corrected chi connectivity index (χ0v) is 17.4. The van der Waals surface area contributed by atoms with Crippen molar-refractivity contribution in [2.75, 3.05) is 5.75 Å². The maximum Gasteiger partial charge on any atom is 0.192 e. The summed E-state index contributed by atoms with van der Waals surface area (Å²) in [5.74, 6) is 0.261. The lowest BCUT2D eigenvalue weighted by atomic mass is 10.0. The summed E-state index contributed by atoms with van der Waals surface area (Å²) in [6, 6.07) is 12.3. The maximum absolute atomic E-state index is 12.7. The average Bonchev–Trinajstić information content (AvgIpc) is 3.31. The third-order valence-corrected chi connectivity index (χ3v) is 12.4. The van der Waals surface area contributed by atoms with Crippen molar-refractivity contribution < 1.29 is 12.8 Å². The molecular formula is C19H32O3SSi. The lowest BCUT2D eigenvalue weighted by Gasteiger charge is -2.33. The first kappa shape index (κ1) is 19.7. The van der Waals surface area contributed by atoms with E-state index in [1.807, 2.05) is 6.07 Å². The van der Waals surface area contributed by atoms with Gasteiger partial charge in [0.25, 0.3) is 0 Å². The topological polar surface area (TPSA) is 43.4 Å². The highest BCUT2D eigenvalue weighted by Crippen LogP contribution is 2.52. The summed E-state index contributed by atoms with van der Waals surface area (Å²) in [5, 5.41) is 0. The molecule has 0 heterocycles. The first-order valence-electron chi connectivity index (χ1n) is 9.26. The first-order valence-corrected chi connectivity index (χ1v) is 13.4. The molecule has 1 saturated carbocycles. The van der Waals surface area contributed by atoms with E-state index in [1.54, 1.807) is 24.3 Å². The molecule has 1 aromatic rings. The molecule has 0 amide bonds. The van der Waals surface area contributed by atoms with Crippen LogP contribution in [0.1, 0.15) is 47.0 Å². The zero-order chi connectivity index (χ0) is 17.8. The minimum absolute atomic E-state index is 0.0660. The van der Waals surface area contributed by atoms with Crippen molar-refractivity contribution in [1.82, 2.24) is 0 Å². The van der Waals surface area contributed by atoms with Crippen LogP contribution < -0.4 is 0 Å². The normalized spacial score (nSPS) is 18.3. The maximum atomic E-state index is 12.7. The molecule has 1 aromatic carbocycles. The predicted molar refractivity (Wildman–Crippen MR) is 103 cm³/mol. The van der Waals surface area contributed by atoms with E-state index < -0.39 is 18.2 Å². The Morgan fingerprint density at radius 2 is 1.62 bits per heavy atom. The van der Waals surface area contributed by atoms with Crippen LogP contribution in [-0.4, -0.2) is 28.6 Å². The van der Waals surface area contributed by atoms with E-state index in [1.165, 1.54) is 0 Å². The van der Waals surface area contributed by atoms with Gasteiger partial charge >= 0.3 is 0 Å². The van der Waals surface area contributed by atoms with Gasteiger partial charge in [0.1, 0.15) is 0 Å². The lowest BCUT2D eigenvalue weighted by Crippen LogP contribution is -2.40. The van der Waals surface area contributed by atoms with Gasteiger partial charge in [0.15, 0.2) is 18.2 Å². The summed E-state index contributed by atoms with van der Waals surface area (Å²) >= 11 is 0. The van der Waals surface area contributed by atoms with Crippen molar-refractivity contribution in [3.8, 4) is 0 Å². The van der Waals surface area contributed by atoms with Gasteiger partial charge in [-0.3, -0.25) is 0 Å². The van der Waals surface area contributed by atoms with Crippen molar-refractivity contribution in [2.45, 2.75) is 76.1 Å². The summed E-state index contributed by atoms with van der Waals surface area (Å²) in [4.78, 5) is 0.448. The third kappa shape index (κ3) is 4.70. The van der Waals surface area contributed by atoms with Crippen molar-refractivity contribution in [2.24, 2.45) is 5.41 Å². The predicted octanol–water partition coefficient (Wildman–Crippen LogP) is 5.04. The quantitative estimate of drug-likeness (QED) is 0.543. The first-order chi connectivity index (χ1) is 11.3. The smallest absolute Gasteiger partial charge is 0.192 e. The molecule has 0 radical (unpaired) electrons. The van der Waals surface area contributed by atoms with E-state index in [4.69, 9.17) is 4.43 Å². The van der Waals surface area contributed by atoms with Crippen LogP contribution in [0.5, 0.6) is 0 Å². The molecule has 0 N–H and O–H groups in total. The lowest BCUT2D eigenvalue weighted by molar-refractivity contribution is 0.170. The van der Waals surface area contributed by atoms with Crippen LogP contribution in [0.4, 0.5) is 0 Å². The molecule has 2 rings (SSSR count). The fraction of sp³-hybridized carbons (Fsp3) is 0.684. The summed E-state index contributed by atoms with van der Waals surface area (Å²) in [7, 11) is -4.83. The summed E-state index contributed by atoms with van der Waals surface area (Å²) in [6.45, 7) is 8.84. The molecule has 1 atom stereocenters. The van der Waals surface area contributed by atoms with Gasteiger partial charge in [-0.05, 0) is 61.9 Å². The van der Waals surface area contributed by atoms with Crippen LogP contribution in [0, 0.1) is 5.41 Å². The number of rotatable bonds is 10. The third-order valence-electron chi connectivity index (χ3n) is 5.66. The largest absolute Gasteiger partial charge is 0.414 e. The van der Waals surface area contributed by atoms with E-state index in [0.717, 1.165) is 37.4 Å². The van der Waals surface area contributed by atoms with E-state index in [9.17, 15) is 8.42 Å². The molecule has 0 aliphatic heterocycles. The Morgan fingerprint density at radius 1 is 1.08 bits per heavy atom. The summed E-state index contributed by atoms with van der Waals surface area (Å²) in [6.07, 6.45) is 3.04. The Morgan fingerprint density at radius 3 is 2.08 bits per heavy atom. The minimum atomic E-state index is -3.21. The van der Waals surface area contributed by atoms with E-state index in [-0.39, 0.29) is 17.3 Å². The molecule has 1 unspecified atom stereocenters. The molecule has 0 spiro atoms. The van der Waals surface area contributed by atoms with Crippen molar-refractivity contribution in [3.63, 3.8) is 0 Å². The van der Waals surface area contributed by atoms with Crippen LogP contribution in [0.3, 0.4) is 0 Å². The molecule has 1 fully saturated rings. The fourth-order valence-corrected chi connectivity index (χ4v) is 8.66. The number of benzene rings is 1. The SMILES string of the molecule is CC[Si](CC)(CC)OC(C)CC1(CS(=O)(=O)c2ccccc2)CC1. The van der Waals surface area contributed by atoms with Crippen LogP contribution in [-0.2, 0) is 14.3 Å². The Bertz CT molecular complexity index is 611. The van der Waals surface area contributed by atoms with Gasteiger partial charge in [0.2, 0.25) is 0 Å². The van der Waals surface area contributed by atoms with Crippen molar-refractivity contribution in [1.29, 1.82) is 0 Å². The highest BCUT2D eigenvalue weighted by atomic mass is 32.2. The Labute approximate surface area is 148 Å². The Balaban J connectivity index is 2.02. The molecule has 24 heavy (non-hydrogen) atoms. The van der Waals surface area contributed by atoms with Gasteiger partial charge in [-0.1, -0.05) is 39.0 Å². The number of sulfone groups is 1. The molecule has 0 bridgehead atoms. The molecule has 0 aromatic heterocycles. The number of hydrogen-bond donors (Lipinski definition) is 0. The summed E-state index contributed by atoms with van der Waals surface area (Å²) in [5.41, 5.74) is -0.0660. The second-order valence-corrected chi connectivity index (χ2v) is 14.2. The van der Waals surface area contributed by atoms with Gasteiger partial charge in [-0.2, -0.15) is 0 Å². The molecule has 3 nitrogen and oxygen atoms in total. The van der Waals surface area contributed by atoms with Crippen molar-refractivity contribution >= 4 is 18.2 Å². The van der Waals surface area contributed by atoms with E-state index in [0.29, 0.717) is 4.90 Å². The van der Waals surface area contributed by atoms with Gasteiger partial charge in [-0.25, -0.2) is 8.42 Å². The van der Waals surface area contributed by atoms with E-state index >= 15 is 0 Å². The van der Waals surface area contributed by atoms with Gasteiger partial charge in [0, 0.05) is 6.10 Å². The van der Waals surface area contributed by atoms with Crippen LogP contribution >= 0.6 is 0 Å². The van der Waals surface area contributed by atoms with E-state index in [2.05, 4.69) is 27.7 Å². The number of hydrogen-bond acceptors (Lipinski definition) is 3. The highest BCUT2D eigenvalue weighted by molar-refractivity contribution is 7.91. The molecule has 5 heteroatoms. The van der Waals surface area contributed by atoms with Gasteiger partial charge < -0.3 is 4.43 Å². The average molecular weight is 369 g/mol. The van der Waals surface area contributed by atoms with Crippen LogP contribution in [0.2, 0.25) is 18.1 Å². The Hall–Kier alpha value is -0.653. The molecule has 1 aliphatic carbocycles. The van der Waals surface area contributed by atoms with Crippen LogP contribution in [0.25, 0.3) is 0 Å². The van der Waals surface area contributed by atoms with Crippen molar-refractivity contribution in [3.05, 3.63) is 30.3 Å². The fourth-order valence-electron chi connectivity index (χ4n) is 3.78. The van der Waals surface area contributed by atoms with Crippen LogP contribution in [0.15, 0.2) is 35.2 Å². The van der Waals surface area contributed by atoms with Gasteiger partial charge in [-0.15, -0.1) is 0 Å². The monoisotopic (exact) mass is 368 g/mol. The molecular weight excluding hydrogens is 336 g/mol. The molecule has 1 aliphatic rings. The zero-order valence-electron chi connectivity index (χ0n) is 15.5. The highest BCUT2D eigenvalue weighted by Gasteiger charge is 2.48. The molecule has 136 valence electrons. The second kappa shape index (κ2) is 7.71.